The van der Waals surface area contributed by atoms with Gasteiger partial charge in [0.25, 0.3) is 0 Å². The molecule has 2 rings (SSSR count). The number of aliphatic carboxylic acids is 2. The van der Waals surface area contributed by atoms with Gasteiger partial charge in [-0.25, -0.2) is 19.2 Å². The van der Waals surface area contributed by atoms with Crippen molar-refractivity contribution in [3.8, 4) is 0 Å². The molecule has 1 aromatic rings. The first-order valence-electron chi connectivity index (χ1n) is 9.93. The molecule has 1 heterocycles. The molecule has 0 bridgehead atoms. The molecule has 33 heavy (non-hydrogen) atoms. The Bertz CT molecular complexity index is 865. The van der Waals surface area contributed by atoms with Crippen LogP contribution in [-0.2, 0) is 14.3 Å². The van der Waals surface area contributed by atoms with Gasteiger partial charge in [0.05, 0.1) is 18.7 Å². The zero-order valence-corrected chi connectivity index (χ0v) is 18.8. The summed E-state index contributed by atoms with van der Waals surface area (Å²) in [7, 11) is 1.34. The number of aliphatic hydroxyl groups excluding tert-OH is 1. The number of aliphatic hydroxyl groups is 2. The first kappa shape index (κ1) is 27.8. The van der Waals surface area contributed by atoms with Crippen LogP contribution in [0.1, 0.15) is 42.7 Å². The molecule has 12 heteroatoms. The van der Waals surface area contributed by atoms with Gasteiger partial charge in [-0.15, -0.1) is 0 Å². The maximum Gasteiger partial charge on any atom is 0.407 e. The van der Waals surface area contributed by atoms with Crippen LogP contribution in [0.3, 0.4) is 0 Å². The SMILES string of the molecule is CC(C)(C)C(O)(C(=O)O)C(O)C(=O)O.COC(=O)c1ccc([C@H]2CN(C(=O)O)CCN2)cc1. The molecule has 6 N–H and O–H groups in total. The van der Waals surface area contributed by atoms with Gasteiger partial charge in [0.15, 0.2) is 6.10 Å². The Morgan fingerprint density at radius 1 is 1.09 bits per heavy atom. The number of hydrogen-bond acceptors (Lipinski definition) is 8. The van der Waals surface area contributed by atoms with Crippen LogP contribution in [0.2, 0.25) is 0 Å². The first-order chi connectivity index (χ1) is 15.2. The Kier molecular flexibility index (Phi) is 9.34. The number of benzene rings is 1. The van der Waals surface area contributed by atoms with Crippen molar-refractivity contribution in [3.05, 3.63) is 35.4 Å². The van der Waals surface area contributed by atoms with E-state index in [1.165, 1.54) is 32.8 Å². The zero-order chi connectivity index (χ0) is 25.6. The third kappa shape index (κ3) is 6.63. The topological polar surface area (TPSA) is 194 Å². The molecular formula is C21H30N2O10. The predicted molar refractivity (Wildman–Crippen MR) is 114 cm³/mol. The van der Waals surface area contributed by atoms with E-state index in [9.17, 15) is 24.3 Å². The molecule has 3 atom stereocenters. The van der Waals surface area contributed by atoms with E-state index in [0.717, 1.165) is 5.56 Å². The number of carbonyl (C=O) groups excluding carboxylic acids is 1. The summed E-state index contributed by atoms with van der Waals surface area (Å²) in [5, 5.41) is 48.2. The molecule has 1 aliphatic rings. The van der Waals surface area contributed by atoms with Gasteiger partial charge in [-0.1, -0.05) is 32.9 Å². The molecule has 1 amide bonds. The minimum Gasteiger partial charge on any atom is -0.479 e. The molecule has 2 unspecified atom stereocenters. The molecule has 184 valence electrons. The predicted octanol–water partition coefficient (Wildman–Crippen LogP) is 0.391. The van der Waals surface area contributed by atoms with E-state index in [1.807, 2.05) is 12.1 Å². The number of methoxy groups -OCH3 is 1. The number of carboxylic acids is 2. The minimum atomic E-state index is -2.71. The van der Waals surface area contributed by atoms with Gasteiger partial charge in [-0.3, -0.25) is 0 Å². The maximum atomic E-state index is 11.3. The molecule has 1 aliphatic heterocycles. The van der Waals surface area contributed by atoms with Crippen molar-refractivity contribution in [2.24, 2.45) is 5.41 Å². The molecule has 1 aromatic carbocycles. The highest BCUT2D eigenvalue weighted by Crippen LogP contribution is 2.33. The number of esters is 1. The molecular weight excluding hydrogens is 440 g/mol. The van der Waals surface area contributed by atoms with E-state index < -0.39 is 35.2 Å². The van der Waals surface area contributed by atoms with Crippen molar-refractivity contribution < 1.29 is 49.4 Å². The molecule has 0 radical (unpaired) electrons. The highest BCUT2D eigenvalue weighted by atomic mass is 16.5. The van der Waals surface area contributed by atoms with Crippen LogP contribution < -0.4 is 5.32 Å². The van der Waals surface area contributed by atoms with Crippen molar-refractivity contribution in [2.75, 3.05) is 26.7 Å². The van der Waals surface area contributed by atoms with Gasteiger partial charge in [0, 0.05) is 25.0 Å². The number of nitrogens with one attached hydrogen (secondary N) is 1. The molecule has 12 nitrogen and oxygen atoms in total. The van der Waals surface area contributed by atoms with Crippen LogP contribution in [0.15, 0.2) is 24.3 Å². The van der Waals surface area contributed by atoms with Crippen molar-refractivity contribution in [1.82, 2.24) is 10.2 Å². The number of hydrogen-bond donors (Lipinski definition) is 6. The third-order valence-electron chi connectivity index (χ3n) is 5.28. The normalized spacial score (nSPS) is 18.7. The number of nitrogens with zero attached hydrogens (tertiary/aromatic N) is 1. The second kappa shape index (κ2) is 11.1. The van der Waals surface area contributed by atoms with Gasteiger partial charge < -0.3 is 40.5 Å². The number of ether oxygens (including phenoxy) is 1. The van der Waals surface area contributed by atoms with E-state index in [1.54, 1.807) is 12.1 Å². The Labute approximate surface area is 190 Å². The van der Waals surface area contributed by atoms with Crippen LogP contribution in [0.25, 0.3) is 0 Å². The standard InChI is InChI=1S/C13H16N2O4.C8H14O6/c1-19-12(16)10-4-2-9(3-5-10)11-8-15(13(17)18)7-6-14-11;1-7(2,3)8(14,6(12)13)4(9)5(10)11/h2-5,11,14H,6-8H2,1H3,(H,17,18);4,9,14H,1-3H3,(H,10,11)(H,12,13)/t11-;/m1./s1. The average molecular weight is 470 g/mol. The molecule has 1 saturated heterocycles. The second-order valence-corrected chi connectivity index (χ2v) is 8.41. The lowest BCUT2D eigenvalue weighted by molar-refractivity contribution is -0.200. The summed E-state index contributed by atoms with van der Waals surface area (Å²) in [5.74, 6) is -3.92. The van der Waals surface area contributed by atoms with Gasteiger partial charge in [-0.05, 0) is 17.7 Å². The summed E-state index contributed by atoms with van der Waals surface area (Å²) in [4.78, 5) is 44.8. The van der Waals surface area contributed by atoms with Crippen molar-refractivity contribution in [3.63, 3.8) is 0 Å². The van der Waals surface area contributed by atoms with Gasteiger partial charge in [-0.2, -0.15) is 0 Å². The summed E-state index contributed by atoms with van der Waals surface area (Å²) >= 11 is 0. The third-order valence-corrected chi connectivity index (χ3v) is 5.28. The van der Waals surface area contributed by atoms with Crippen molar-refractivity contribution in [2.45, 2.75) is 38.5 Å². The van der Waals surface area contributed by atoms with Crippen LogP contribution >= 0.6 is 0 Å². The summed E-state index contributed by atoms with van der Waals surface area (Å²) in [6.07, 6.45) is -3.27. The molecule has 0 saturated carbocycles. The minimum absolute atomic E-state index is 0.0449. The first-order valence-corrected chi connectivity index (χ1v) is 9.93. The zero-order valence-electron chi connectivity index (χ0n) is 18.8. The highest BCUT2D eigenvalue weighted by Gasteiger charge is 2.56. The summed E-state index contributed by atoms with van der Waals surface area (Å²) < 4.78 is 4.63. The lowest BCUT2D eigenvalue weighted by atomic mass is 9.73. The molecule has 1 fully saturated rings. The van der Waals surface area contributed by atoms with Gasteiger partial charge in [0.1, 0.15) is 0 Å². The Morgan fingerprint density at radius 2 is 1.64 bits per heavy atom. The number of carboxylic acid groups (broad SMARTS) is 3. The summed E-state index contributed by atoms with van der Waals surface area (Å²) in [5.41, 5.74) is -2.56. The fourth-order valence-electron chi connectivity index (χ4n) is 3.14. The highest BCUT2D eigenvalue weighted by molar-refractivity contribution is 5.89. The molecule has 0 aliphatic carbocycles. The van der Waals surface area contributed by atoms with E-state index in [-0.39, 0.29) is 12.0 Å². The lowest BCUT2D eigenvalue weighted by Gasteiger charge is -2.37. The quantitative estimate of drug-likeness (QED) is 0.326. The average Bonchev–Trinajstić information content (AvgIpc) is 2.77. The lowest BCUT2D eigenvalue weighted by Crippen LogP contribution is -2.61. The van der Waals surface area contributed by atoms with Gasteiger partial charge in [0.2, 0.25) is 5.60 Å². The van der Waals surface area contributed by atoms with Crippen LogP contribution in [0.4, 0.5) is 4.79 Å². The van der Waals surface area contributed by atoms with E-state index in [0.29, 0.717) is 25.2 Å². The number of amides is 1. The fraction of sp³-hybridized carbons (Fsp3) is 0.524. The number of rotatable bonds is 5. The van der Waals surface area contributed by atoms with Crippen molar-refractivity contribution >= 4 is 24.0 Å². The molecule has 0 spiro atoms. The van der Waals surface area contributed by atoms with Crippen LogP contribution in [0, 0.1) is 5.41 Å². The smallest absolute Gasteiger partial charge is 0.407 e. The monoisotopic (exact) mass is 470 g/mol. The van der Waals surface area contributed by atoms with E-state index in [2.05, 4.69) is 10.1 Å². The van der Waals surface area contributed by atoms with Crippen LogP contribution in [0.5, 0.6) is 0 Å². The van der Waals surface area contributed by atoms with Crippen molar-refractivity contribution in [1.29, 1.82) is 0 Å². The summed E-state index contributed by atoms with van der Waals surface area (Å²) in [6.45, 7) is 5.50. The maximum absolute atomic E-state index is 11.3. The number of piperazine rings is 1. The summed E-state index contributed by atoms with van der Waals surface area (Å²) in [6, 6.07) is 6.95. The second-order valence-electron chi connectivity index (χ2n) is 8.41. The number of carbonyl (C=O) groups is 4. The Balaban J connectivity index is 0.000000349. The van der Waals surface area contributed by atoms with Crippen LogP contribution in [-0.4, -0.2) is 92.9 Å². The van der Waals surface area contributed by atoms with Gasteiger partial charge >= 0.3 is 24.0 Å². The Morgan fingerprint density at radius 3 is 2.00 bits per heavy atom. The Hall–Kier alpha value is -3.22. The molecule has 0 aromatic heterocycles. The van der Waals surface area contributed by atoms with E-state index in [4.69, 9.17) is 20.4 Å². The largest absolute Gasteiger partial charge is 0.479 e. The van der Waals surface area contributed by atoms with E-state index >= 15 is 0 Å². The fourth-order valence-corrected chi connectivity index (χ4v) is 3.14.